The first-order valence-electron chi connectivity index (χ1n) is 9.34. The maximum atomic E-state index is 12.9. The molecule has 0 aromatic carbocycles. The van der Waals surface area contributed by atoms with Crippen LogP contribution in [0.3, 0.4) is 0 Å². The Labute approximate surface area is 168 Å². The second kappa shape index (κ2) is 7.25. The fraction of sp³-hybridized carbons (Fsp3) is 0.600. The summed E-state index contributed by atoms with van der Waals surface area (Å²) in [5.41, 5.74) is 0.307. The summed E-state index contributed by atoms with van der Waals surface area (Å²) in [6.07, 6.45) is -1.50. The zero-order valence-corrected chi connectivity index (χ0v) is 17.2. The van der Waals surface area contributed by atoms with Gasteiger partial charge in [0.2, 0.25) is 5.91 Å². The first-order chi connectivity index (χ1) is 12.9. The fourth-order valence-corrected chi connectivity index (χ4v) is 4.26. The van der Waals surface area contributed by atoms with Gasteiger partial charge in [-0.2, -0.15) is 13.2 Å². The third-order valence-corrected chi connectivity index (χ3v) is 6.01. The first kappa shape index (κ1) is 21.0. The molecule has 1 aromatic rings. The van der Waals surface area contributed by atoms with Gasteiger partial charge >= 0.3 is 6.18 Å². The van der Waals surface area contributed by atoms with Gasteiger partial charge in [-0.25, -0.2) is 4.98 Å². The third kappa shape index (κ3) is 4.00. The van der Waals surface area contributed by atoms with Crippen molar-refractivity contribution in [2.45, 2.75) is 33.9 Å². The molecule has 4 nitrogen and oxygen atoms in total. The molecule has 154 valence electrons. The van der Waals surface area contributed by atoms with Crippen LogP contribution in [0, 0.1) is 17.3 Å². The van der Waals surface area contributed by atoms with Crippen LogP contribution in [0.25, 0.3) is 0 Å². The lowest BCUT2D eigenvalue weighted by atomic mass is 10.1. The Bertz CT molecular complexity index is 794. The number of hydrogen-bond acceptors (Lipinski definition) is 3. The molecule has 0 N–H and O–H groups in total. The van der Waals surface area contributed by atoms with E-state index in [9.17, 15) is 18.0 Å². The highest BCUT2D eigenvalue weighted by Gasteiger charge is 2.61. The van der Waals surface area contributed by atoms with E-state index in [2.05, 4.69) is 24.9 Å². The van der Waals surface area contributed by atoms with Gasteiger partial charge in [0, 0.05) is 32.4 Å². The van der Waals surface area contributed by atoms with Crippen molar-refractivity contribution < 1.29 is 18.0 Å². The average Bonchev–Trinajstić information content (AvgIpc) is 3.13. The minimum Gasteiger partial charge on any atom is -0.352 e. The standard InChI is InChI=1S/C20H25ClF3N3O/c1-12(2)9-14-16(19(14,3)4)18(28)27-7-5-26(6-8-27)17-15(21)10-13(11-25-17)20(22,23)24/h9-11,14,16H,5-8H2,1-4H3/t14-,16+/m1/s1. The van der Waals surface area contributed by atoms with Gasteiger partial charge < -0.3 is 9.80 Å². The van der Waals surface area contributed by atoms with Gasteiger partial charge in [0.1, 0.15) is 5.82 Å². The molecular formula is C20H25ClF3N3O. The average molecular weight is 416 g/mol. The van der Waals surface area contributed by atoms with Crippen LogP contribution < -0.4 is 4.90 Å². The topological polar surface area (TPSA) is 36.4 Å². The van der Waals surface area contributed by atoms with Crippen LogP contribution in [0.15, 0.2) is 23.9 Å². The predicted molar refractivity (Wildman–Crippen MR) is 103 cm³/mol. The lowest BCUT2D eigenvalue weighted by molar-refractivity contribution is -0.138. The van der Waals surface area contributed by atoms with E-state index >= 15 is 0 Å². The van der Waals surface area contributed by atoms with Gasteiger partial charge in [-0.05, 0) is 31.2 Å². The van der Waals surface area contributed by atoms with Crippen molar-refractivity contribution in [3.05, 3.63) is 34.5 Å². The Morgan fingerprint density at radius 3 is 2.36 bits per heavy atom. The van der Waals surface area contributed by atoms with Crippen LogP contribution in [0.2, 0.25) is 5.02 Å². The van der Waals surface area contributed by atoms with E-state index in [0.29, 0.717) is 32.0 Å². The molecule has 8 heteroatoms. The molecule has 28 heavy (non-hydrogen) atoms. The number of carbonyl (C=O) groups is 1. The molecule has 0 unspecified atom stereocenters. The van der Waals surface area contributed by atoms with Crippen LogP contribution in [0.5, 0.6) is 0 Å². The number of nitrogens with zero attached hydrogens (tertiary/aromatic N) is 3. The number of rotatable bonds is 3. The number of hydrogen-bond donors (Lipinski definition) is 0. The van der Waals surface area contributed by atoms with Crippen molar-refractivity contribution in [1.82, 2.24) is 9.88 Å². The molecule has 0 spiro atoms. The van der Waals surface area contributed by atoms with Gasteiger partial charge in [-0.3, -0.25) is 4.79 Å². The third-order valence-electron chi connectivity index (χ3n) is 5.73. The Kier molecular flexibility index (Phi) is 5.42. The van der Waals surface area contributed by atoms with Crippen molar-refractivity contribution >= 4 is 23.3 Å². The molecule has 1 aliphatic heterocycles. The van der Waals surface area contributed by atoms with E-state index in [1.54, 1.807) is 0 Å². The molecule has 1 saturated carbocycles. The number of piperazine rings is 1. The zero-order chi connectivity index (χ0) is 20.9. The molecule has 2 heterocycles. The summed E-state index contributed by atoms with van der Waals surface area (Å²) in [6, 6.07) is 0.901. The normalized spacial score (nSPS) is 24.1. The Morgan fingerprint density at radius 1 is 1.25 bits per heavy atom. The van der Waals surface area contributed by atoms with Gasteiger partial charge in [-0.1, -0.05) is 37.1 Å². The second-order valence-electron chi connectivity index (χ2n) is 8.41. The summed E-state index contributed by atoms with van der Waals surface area (Å²) in [6.45, 7) is 10.3. The fourth-order valence-electron chi connectivity index (χ4n) is 3.97. The zero-order valence-electron chi connectivity index (χ0n) is 16.5. The Morgan fingerprint density at radius 2 is 1.86 bits per heavy atom. The molecular weight excluding hydrogens is 391 g/mol. The minimum atomic E-state index is -4.47. The van der Waals surface area contributed by atoms with E-state index in [1.165, 1.54) is 5.57 Å². The van der Waals surface area contributed by atoms with Gasteiger partial charge in [-0.15, -0.1) is 0 Å². The number of allylic oxidation sites excluding steroid dienone is 2. The number of amides is 1. The maximum absolute atomic E-state index is 12.9. The van der Waals surface area contributed by atoms with E-state index in [4.69, 9.17) is 11.6 Å². The molecule has 0 bridgehead atoms. The number of aromatic nitrogens is 1. The predicted octanol–water partition coefficient (Wildman–Crippen LogP) is 4.64. The monoisotopic (exact) mass is 415 g/mol. The molecule has 1 amide bonds. The van der Waals surface area contributed by atoms with Gasteiger partial charge in [0.15, 0.2) is 0 Å². The summed E-state index contributed by atoms with van der Waals surface area (Å²) in [5.74, 6) is 0.727. The minimum absolute atomic E-state index is 0.0123. The molecule has 0 radical (unpaired) electrons. The molecule has 2 atom stereocenters. The number of carbonyl (C=O) groups excluding carboxylic acids is 1. The molecule has 1 aliphatic carbocycles. The summed E-state index contributed by atoms with van der Waals surface area (Å²) >= 11 is 6.04. The summed E-state index contributed by atoms with van der Waals surface area (Å²) < 4.78 is 38.3. The van der Waals surface area contributed by atoms with Crippen molar-refractivity contribution in [1.29, 1.82) is 0 Å². The highest BCUT2D eigenvalue weighted by atomic mass is 35.5. The number of pyridine rings is 1. The second-order valence-corrected chi connectivity index (χ2v) is 8.82. The van der Waals surface area contributed by atoms with Crippen molar-refractivity contribution in [2.75, 3.05) is 31.1 Å². The SMILES string of the molecule is CC(C)=C[C@@H]1[C@@H](C(=O)N2CCN(c3ncc(C(F)(F)F)cc3Cl)CC2)C1(C)C. The van der Waals surface area contributed by atoms with Crippen molar-refractivity contribution in [2.24, 2.45) is 17.3 Å². The van der Waals surface area contributed by atoms with Crippen LogP contribution in [-0.2, 0) is 11.0 Å². The van der Waals surface area contributed by atoms with Crippen LogP contribution in [-0.4, -0.2) is 42.0 Å². The van der Waals surface area contributed by atoms with Crippen LogP contribution >= 0.6 is 11.6 Å². The molecule has 1 saturated heterocycles. The van der Waals surface area contributed by atoms with E-state index in [-0.39, 0.29) is 28.2 Å². The lowest BCUT2D eigenvalue weighted by Gasteiger charge is -2.36. The summed E-state index contributed by atoms with van der Waals surface area (Å²) in [5, 5.41) is -0.0263. The maximum Gasteiger partial charge on any atom is 0.417 e. The quantitative estimate of drug-likeness (QED) is 0.675. The van der Waals surface area contributed by atoms with Crippen molar-refractivity contribution in [3.8, 4) is 0 Å². The van der Waals surface area contributed by atoms with Gasteiger partial charge in [0.25, 0.3) is 0 Å². The Balaban J connectivity index is 1.64. The lowest BCUT2D eigenvalue weighted by Crippen LogP contribution is -2.50. The largest absolute Gasteiger partial charge is 0.417 e. The van der Waals surface area contributed by atoms with Crippen LogP contribution in [0.4, 0.5) is 19.0 Å². The number of alkyl halides is 3. The highest BCUT2D eigenvalue weighted by Crippen LogP contribution is 2.60. The van der Waals surface area contributed by atoms with E-state index in [1.807, 2.05) is 23.6 Å². The molecule has 2 aliphatic rings. The Hall–Kier alpha value is -1.76. The van der Waals surface area contributed by atoms with E-state index < -0.39 is 11.7 Å². The molecule has 2 fully saturated rings. The molecule has 3 rings (SSSR count). The highest BCUT2D eigenvalue weighted by molar-refractivity contribution is 6.33. The first-order valence-corrected chi connectivity index (χ1v) is 9.72. The van der Waals surface area contributed by atoms with E-state index in [0.717, 1.165) is 12.3 Å². The molecule has 1 aromatic heterocycles. The summed E-state index contributed by atoms with van der Waals surface area (Å²) in [4.78, 5) is 20.5. The smallest absolute Gasteiger partial charge is 0.352 e. The van der Waals surface area contributed by atoms with Gasteiger partial charge in [0.05, 0.1) is 16.5 Å². The number of halogens is 4. The number of anilines is 1. The summed E-state index contributed by atoms with van der Waals surface area (Å²) in [7, 11) is 0. The van der Waals surface area contributed by atoms with Crippen LogP contribution in [0.1, 0.15) is 33.3 Å². The van der Waals surface area contributed by atoms with Crippen molar-refractivity contribution in [3.63, 3.8) is 0 Å².